The summed E-state index contributed by atoms with van der Waals surface area (Å²) in [4.78, 5) is 12.3. The highest BCUT2D eigenvalue weighted by Crippen LogP contribution is 2.27. The van der Waals surface area contributed by atoms with Crippen LogP contribution in [0.4, 0.5) is 0 Å². The lowest BCUT2D eigenvalue weighted by Crippen LogP contribution is -2.33. The van der Waals surface area contributed by atoms with Crippen molar-refractivity contribution in [1.82, 2.24) is 5.32 Å². The molecule has 0 saturated heterocycles. The van der Waals surface area contributed by atoms with Crippen molar-refractivity contribution in [1.29, 1.82) is 0 Å². The molecule has 0 unspecified atom stereocenters. The number of nitrogens with one attached hydrogen (secondary N) is 1. The van der Waals surface area contributed by atoms with Gasteiger partial charge in [-0.3, -0.25) is 4.79 Å². The zero-order valence-electron chi connectivity index (χ0n) is 13.8. The number of benzene rings is 2. The molecule has 24 heavy (non-hydrogen) atoms. The van der Waals surface area contributed by atoms with Gasteiger partial charge in [0.2, 0.25) is 0 Å². The Morgan fingerprint density at radius 2 is 1.83 bits per heavy atom. The van der Waals surface area contributed by atoms with Crippen LogP contribution in [0, 0.1) is 5.92 Å². The van der Waals surface area contributed by atoms with Gasteiger partial charge in [-0.15, -0.1) is 0 Å². The molecule has 2 aromatic carbocycles. The van der Waals surface area contributed by atoms with E-state index in [9.17, 15) is 4.79 Å². The minimum absolute atomic E-state index is 0.0389. The predicted octanol–water partition coefficient (Wildman–Crippen LogP) is 5.28. The van der Waals surface area contributed by atoms with E-state index in [1.54, 1.807) is 18.2 Å². The number of rotatable bonds is 7. The van der Waals surface area contributed by atoms with Crippen LogP contribution in [0.3, 0.4) is 0 Å². The number of hydrogen-bond acceptors (Lipinski definition) is 2. The van der Waals surface area contributed by atoms with E-state index in [4.69, 9.17) is 27.9 Å². The van der Waals surface area contributed by atoms with E-state index in [1.165, 1.54) is 0 Å². The molecule has 0 fully saturated rings. The average molecular weight is 366 g/mol. The van der Waals surface area contributed by atoms with Crippen molar-refractivity contribution in [3.05, 3.63) is 64.1 Å². The largest absolute Gasteiger partial charge is 0.482 e. The van der Waals surface area contributed by atoms with Crippen LogP contribution in [-0.4, -0.2) is 12.5 Å². The second kappa shape index (κ2) is 8.95. The maximum atomic E-state index is 12.3. The molecule has 0 bridgehead atoms. The van der Waals surface area contributed by atoms with Gasteiger partial charge >= 0.3 is 0 Å². The zero-order valence-corrected chi connectivity index (χ0v) is 15.3. The van der Waals surface area contributed by atoms with Crippen LogP contribution in [-0.2, 0) is 4.79 Å². The molecule has 2 aromatic rings. The number of halogens is 2. The van der Waals surface area contributed by atoms with Crippen LogP contribution in [0.15, 0.2) is 48.5 Å². The van der Waals surface area contributed by atoms with Crippen LogP contribution in [0.5, 0.6) is 5.75 Å². The van der Waals surface area contributed by atoms with Crippen LogP contribution in [0.1, 0.15) is 31.9 Å². The Bertz CT molecular complexity index is 674. The maximum Gasteiger partial charge on any atom is 0.258 e. The Hall–Kier alpha value is -1.71. The zero-order chi connectivity index (χ0) is 17.5. The molecule has 0 saturated carbocycles. The van der Waals surface area contributed by atoms with Gasteiger partial charge in [0.25, 0.3) is 5.91 Å². The lowest BCUT2D eigenvalue weighted by atomic mass is 9.97. The summed E-state index contributed by atoms with van der Waals surface area (Å²) in [5, 5.41) is 3.94. The summed E-state index contributed by atoms with van der Waals surface area (Å²) in [6.45, 7) is 4.17. The molecule has 128 valence electrons. The summed E-state index contributed by atoms with van der Waals surface area (Å²) >= 11 is 11.9. The van der Waals surface area contributed by atoms with Crippen molar-refractivity contribution in [3.8, 4) is 5.75 Å². The summed E-state index contributed by atoms with van der Waals surface area (Å²) in [5.41, 5.74) is 1.09. The van der Waals surface area contributed by atoms with E-state index >= 15 is 0 Å². The third-order valence-electron chi connectivity index (χ3n) is 3.50. The van der Waals surface area contributed by atoms with Gasteiger partial charge in [0.05, 0.1) is 11.1 Å². The fourth-order valence-electron chi connectivity index (χ4n) is 2.41. The molecule has 0 heterocycles. The van der Waals surface area contributed by atoms with Crippen molar-refractivity contribution in [2.24, 2.45) is 5.92 Å². The maximum absolute atomic E-state index is 12.3. The standard InChI is InChI=1S/C19H21Cl2NO2/c1-13(2)10-17(14-6-4-3-5-7-14)22-19(23)12-24-18-9-8-15(20)11-16(18)21/h3-9,11,13,17H,10,12H2,1-2H3,(H,22,23)/t17-/m0/s1. The molecule has 0 spiro atoms. The Balaban J connectivity index is 1.97. The number of ether oxygens (including phenoxy) is 1. The molecule has 0 aliphatic heterocycles. The molecule has 5 heteroatoms. The van der Waals surface area contributed by atoms with Gasteiger partial charge in [-0.2, -0.15) is 0 Å². The Morgan fingerprint density at radius 3 is 2.46 bits per heavy atom. The van der Waals surface area contributed by atoms with Gasteiger partial charge in [0.1, 0.15) is 5.75 Å². The molecule has 1 atom stereocenters. The van der Waals surface area contributed by atoms with E-state index in [1.807, 2.05) is 30.3 Å². The van der Waals surface area contributed by atoms with Gasteiger partial charge in [-0.05, 0) is 36.1 Å². The van der Waals surface area contributed by atoms with Crippen molar-refractivity contribution < 1.29 is 9.53 Å². The van der Waals surface area contributed by atoms with Gasteiger partial charge in [-0.1, -0.05) is 67.4 Å². The van der Waals surface area contributed by atoms with Gasteiger partial charge < -0.3 is 10.1 Å². The summed E-state index contributed by atoms with van der Waals surface area (Å²) in [6.07, 6.45) is 0.859. The molecule has 0 radical (unpaired) electrons. The van der Waals surface area contributed by atoms with Crippen molar-refractivity contribution in [2.75, 3.05) is 6.61 Å². The topological polar surface area (TPSA) is 38.3 Å². The van der Waals surface area contributed by atoms with Crippen molar-refractivity contribution in [3.63, 3.8) is 0 Å². The third kappa shape index (κ3) is 5.73. The molecular formula is C19H21Cl2NO2. The number of amides is 1. The molecular weight excluding hydrogens is 345 g/mol. The Labute approximate surface area is 152 Å². The summed E-state index contributed by atoms with van der Waals surface area (Å²) < 4.78 is 5.49. The number of carbonyl (C=O) groups excluding carboxylic acids is 1. The first-order valence-electron chi connectivity index (χ1n) is 7.88. The van der Waals surface area contributed by atoms with E-state index < -0.39 is 0 Å². The normalized spacial score (nSPS) is 12.0. The summed E-state index contributed by atoms with van der Waals surface area (Å²) in [7, 11) is 0. The van der Waals surface area contributed by atoms with Crippen molar-refractivity contribution >= 4 is 29.1 Å². The highest BCUT2D eigenvalue weighted by atomic mass is 35.5. The van der Waals surface area contributed by atoms with Crippen LogP contribution < -0.4 is 10.1 Å². The van der Waals surface area contributed by atoms with Gasteiger partial charge in [0.15, 0.2) is 6.61 Å². The van der Waals surface area contributed by atoms with E-state index in [0.717, 1.165) is 12.0 Å². The highest BCUT2D eigenvalue weighted by molar-refractivity contribution is 6.35. The van der Waals surface area contributed by atoms with Crippen molar-refractivity contribution in [2.45, 2.75) is 26.3 Å². The highest BCUT2D eigenvalue weighted by Gasteiger charge is 2.16. The minimum atomic E-state index is -0.185. The molecule has 0 aromatic heterocycles. The van der Waals surface area contributed by atoms with E-state index in [0.29, 0.717) is 21.7 Å². The van der Waals surface area contributed by atoms with Crippen LogP contribution >= 0.6 is 23.2 Å². The first-order chi connectivity index (χ1) is 11.5. The number of carbonyl (C=O) groups is 1. The molecule has 1 amide bonds. The van der Waals surface area contributed by atoms with Gasteiger partial charge in [0, 0.05) is 5.02 Å². The molecule has 0 aliphatic rings. The van der Waals surface area contributed by atoms with E-state index in [-0.39, 0.29) is 18.6 Å². The summed E-state index contributed by atoms with van der Waals surface area (Å²) in [5.74, 6) is 0.717. The van der Waals surface area contributed by atoms with Crippen LogP contribution in [0.2, 0.25) is 10.0 Å². The number of hydrogen-bond donors (Lipinski definition) is 1. The first kappa shape index (κ1) is 18.6. The smallest absolute Gasteiger partial charge is 0.258 e. The molecule has 1 N–H and O–H groups in total. The van der Waals surface area contributed by atoms with E-state index in [2.05, 4.69) is 19.2 Å². The quantitative estimate of drug-likeness (QED) is 0.724. The summed E-state index contributed by atoms with van der Waals surface area (Å²) in [6, 6.07) is 14.8. The SMILES string of the molecule is CC(C)C[C@H](NC(=O)COc1ccc(Cl)cc1Cl)c1ccccc1. The lowest BCUT2D eigenvalue weighted by Gasteiger charge is -2.21. The predicted molar refractivity (Wildman–Crippen MR) is 98.7 cm³/mol. The molecule has 2 rings (SSSR count). The third-order valence-corrected chi connectivity index (χ3v) is 4.03. The second-order valence-corrected chi connectivity index (χ2v) is 6.87. The second-order valence-electron chi connectivity index (χ2n) is 6.02. The Morgan fingerprint density at radius 1 is 1.12 bits per heavy atom. The monoisotopic (exact) mass is 365 g/mol. The average Bonchev–Trinajstić information content (AvgIpc) is 2.54. The fourth-order valence-corrected chi connectivity index (χ4v) is 2.87. The van der Waals surface area contributed by atoms with Gasteiger partial charge in [-0.25, -0.2) is 0 Å². The minimum Gasteiger partial charge on any atom is -0.482 e. The van der Waals surface area contributed by atoms with Crippen LogP contribution in [0.25, 0.3) is 0 Å². The molecule has 3 nitrogen and oxygen atoms in total. The molecule has 0 aliphatic carbocycles. The fraction of sp³-hybridized carbons (Fsp3) is 0.316. The Kier molecular flexibility index (Phi) is 6.95. The lowest BCUT2D eigenvalue weighted by molar-refractivity contribution is -0.124. The first-order valence-corrected chi connectivity index (χ1v) is 8.63.